The Labute approximate surface area is 125 Å². The highest BCUT2D eigenvalue weighted by molar-refractivity contribution is 9.10. The van der Waals surface area contributed by atoms with Crippen molar-refractivity contribution in [2.24, 2.45) is 0 Å². The molecule has 1 atom stereocenters. The highest BCUT2D eigenvalue weighted by Gasteiger charge is 2.22. The number of ether oxygens (including phenoxy) is 1. The fourth-order valence-electron chi connectivity index (χ4n) is 1.89. The summed E-state index contributed by atoms with van der Waals surface area (Å²) in [6, 6.07) is 9.34. The first-order valence-corrected chi connectivity index (χ1v) is 7.08. The Kier molecular flexibility index (Phi) is 4.92. The lowest BCUT2D eigenvalue weighted by Gasteiger charge is -2.14. The average molecular weight is 338 g/mol. The Bertz CT molecular complexity index is 583. The van der Waals surface area contributed by atoms with Gasteiger partial charge in [0, 0.05) is 7.11 Å². The largest absolute Gasteiger partial charge is 0.367 e. The van der Waals surface area contributed by atoms with Crippen LogP contribution in [-0.4, -0.2) is 23.2 Å². The van der Waals surface area contributed by atoms with Crippen molar-refractivity contribution in [1.82, 2.24) is 10.2 Å². The van der Waals surface area contributed by atoms with Crippen molar-refractivity contribution in [3.8, 4) is 0 Å². The molecule has 20 heavy (non-hydrogen) atoms. The van der Waals surface area contributed by atoms with E-state index >= 15 is 0 Å². The van der Waals surface area contributed by atoms with Crippen LogP contribution in [0.5, 0.6) is 0 Å². The summed E-state index contributed by atoms with van der Waals surface area (Å²) in [5.74, 6) is 0.221. The molecule has 106 valence electrons. The molecule has 0 saturated heterocycles. The SMILES string of the molecule is CCc1[nH]nc(NC(=O)[C@H](OC)c2ccccc2)c1Br. The summed E-state index contributed by atoms with van der Waals surface area (Å²) in [6.45, 7) is 2.01. The zero-order valence-corrected chi connectivity index (χ0v) is 12.9. The van der Waals surface area contributed by atoms with Gasteiger partial charge in [-0.2, -0.15) is 5.10 Å². The van der Waals surface area contributed by atoms with Crippen LogP contribution in [0.25, 0.3) is 0 Å². The third kappa shape index (κ3) is 3.08. The molecule has 0 aliphatic heterocycles. The molecule has 2 N–H and O–H groups in total. The Morgan fingerprint density at radius 2 is 2.15 bits per heavy atom. The molecule has 0 aliphatic carbocycles. The van der Waals surface area contributed by atoms with Gasteiger partial charge in [0.2, 0.25) is 0 Å². The number of benzene rings is 1. The Hall–Kier alpha value is -1.66. The quantitative estimate of drug-likeness (QED) is 0.881. The third-order valence-electron chi connectivity index (χ3n) is 2.95. The second kappa shape index (κ2) is 6.67. The van der Waals surface area contributed by atoms with E-state index in [2.05, 4.69) is 31.4 Å². The first-order valence-electron chi connectivity index (χ1n) is 6.28. The van der Waals surface area contributed by atoms with Gasteiger partial charge in [-0.05, 0) is 27.9 Å². The molecule has 0 fully saturated rings. The lowest BCUT2D eigenvalue weighted by Crippen LogP contribution is -2.22. The molecule has 2 aromatic rings. The van der Waals surface area contributed by atoms with E-state index in [-0.39, 0.29) is 5.91 Å². The van der Waals surface area contributed by atoms with E-state index in [1.807, 2.05) is 37.3 Å². The number of carbonyl (C=O) groups excluding carboxylic acids is 1. The molecule has 0 unspecified atom stereocenters. The normalized spacial score (nSPS) is 12.2. The molecule has 2 rings (SSSR count). The van der Waals surface area contributed by atoms with Crippen molar-refractivity contribution < 1.29 is 9.53 Å². The van der Waals surface area contributed by atoms with Gasteiger partial charge in [-0.1, -0.05) is 37.3 Å². The Balaban J connectivity index is 2.16. The first kappa shape index (κ1) is 14.7. The zero-order valence-electron chi connectivity index (χ0n) is 11.3. The maximum atomic E-state index is 12.3. The number of aromatic amines is 1. The number of H-pyrrole nitrogens is 1. The second-order valence-electron chi connectivity index (χ2n) is 4.23. The minimum Gasteiger partial charge on any atom is -0.367 e. The minimum atomic E-state index is -0.662. The van der Waals surface area contributed by atoms with E-state index in [9.17, 15) is 4.79 Å². The molecular formula is C14H16BrN3O2. The van der Waals surface area contributed by atoms with Gasteiger partial charge in [-0.25, -0.2) is 0 Å². The lowest BCUT2D eigenvalue weighted by molar-refractivity contribution is -0.126. The third-order valence-corrected chi connectivity index (χ3v) is 3.80. The van der Waals surface area contributed by atoms with Crippen LogP contribution in [0.1, 0.15) is 24.3 Å². The Morgan fingerprint density at radius 1 is 1.45 bits per heavy atom. The number of halogens is 1. The average Bonchev–Trinajstić information content (AvgIpc) is 2.81. The molecule has 1 aromatic carbocycles. The zero-order chi connectivity index (χ0) is 14.5. The summed E-state index contributed by atoms with van der Waals surface area (Å²) >= 11 is 3.42. The second-order valence-corrected chi connectivity index (χ2v) is 5.03. The number of aromatic nitrogens is 2. The van der Waals surface area contributed by atoms with Gasteiger partial charge in [-0.3, -0.25) is 9.89 Å². The van der Waals surface area contributed by atoms with Crippen LogP contribution in [0.2, 0.25) is 0 Å². The van der Waals surface area contributed by atoms with Crippen LogP contribution < -0.4 is 5.32 Å². The van der Waals surface area contributed by atoms with E-state index in [1.54, 1.807) is 0 Å². The molecule has 1 heterocycles. The monoisotopic (exact) mass is 337 g/mol. The number of methoxy groups -OCH3 is 1. The van der Waals surface area contributed by atoms with Crippen LogP contribution in [0, 0.1) is 0 Å². The maximum absolute atomic E-state index is 12.3. The van der Waals surface area contributed by atoms with Crippen LogP contribution >= 0.6 is 15.9 Å². The Morgan fingerprint density at radius 3 is 2.70 bits per heavy atom. The standard InChI is InChI=1S/C14H16BrN3O2/c1-3-10-11(15)13(18-17-10)16-14(19)12(20-2)9-7-5-4-6-8-9/h4-8,12H,3H2,1-2H3,(H2,16,17,18,19)/t12-/m1/s1. The number of carbonyl (C=O) groups is 1. The molecule has 0 spiro atoms. The molecule has 6 heteroatoms. The van der Waals surface area contributed by atoms with Gasteiger partial charge in [0.25, 0.3) is 5.91 Å². The lowest BCUT2D eigenvalue weighted by atomic mass is 10.1. The molecule has 0 saturated carbocycles. The summed E-state index contributed by atoms with van der Waals surface area (Å²) in [7, 11) is 1.51. The predicted molar refractivity (Wildman–Crippen MR) is 80.5 cm³/mol. The summed E-state index contributed by atoms with van der Waals surface area (Å²) in [5, 5.41) is 9.71. The first-order chi connectivity index (χ1) is 9.67. The van der Waals surface area contributed by atoms with Crippen molar-refractivity contribution in [2.75, 3.05) is 12.4 Å². The predicted octanol–water partition coefficient (Wildman–Crippen LogP) is 3.06. The fourth-order valence-corrected chi connectivity index (χ4v) is 2.44. The van der Waals surface area contributed by atoms with Crippen LogP contribution in [0.15, 0.2) is 34.8 Å². The van der Waals surface area contributed by atoms with E-state index in [1.165, 1.54) is 7.11 Å². The highest BCUT2D eigenvalue weighted by Crippen LogP contribution is 2.26. The molecule has 1 aromatic heterocycles. The molecular weight excluding hydrogens is 322 g/mol. The van der Waals surface area contributed by atoms with Gasteiger partial charge in [0.05, 0.1) is 10.2 Å². The summed E-state index contributed by atoms with van der Waals surface area (Å²) < 4.78 is 6.05. The molecule has 0 bridgehead atoms. The topological polar surface area (TPSA) is 67.0 Å². The molecule has 0 radical (unpaired) electrons. The van der Waals surface area contributed by atoms with Crippen molar-refractivity contribution in [2.45, 2.75) is 19.4 Å². The van der Waals surface area contributed by atoms with Crippen molar-refractivity contribution >= 4 is 27.7 Å². The van der Waals surface area contributed by atoms with Gasteiger partial charge >= 0.3 is 0 Å². The van der Waals surface area contributed by atoms with E-state index in [4.69, 9.17) is 4.74 Å². The maximum Gasteiger partial charge on any atom is 0.259 e. The van der Waals surface area contributed by atoms with Gasteiger partial charge < -0.3 is 10.1 Å². The number of hydrogen-bond donors (Lipinski definition) is 2. The number of anilines is 1. The number of amides is 1. The van der Waals surface area contributed by atoms with E-state index in [0.29, 0.717) is 5.82 Å². The molecule has 5 nitrogen and oxygen atoms in total. The number of rotatable bonds is 5. The molecule has 0 aliphatic rings. The molecule has 1 amide bonds. The van der Waals surface area contributed by atoms with Crippen LogP contribution in [0.3, 0.4) is 0 Å². The summed E-state index contributed by atoms with van der Waals surface area (Å²) in [4.78, 5) is 12.3. The fraction of sp³-hybridized carbons (Fsp3) is 0.286. The number of aryl methyl sites for hydroxylation is 1. The summed E-state index contributed by atoms with van der Waals surface area (Å²) in [5.41, 5.74) is 1.74. The van der Waals surface area contributed by atoms with Gasteiger partial charge in [-0.15, -0.1) is 0 Å². The highest BCUT2D eigenvalue weighted by atomic mass is 79.9. The van der Waals surface area contributed by atoms with Crippen LogP contribution in [0.4, 0.5) is 5.82 Å². The van der Waals surface area contributed by atoms with Crippen molar-refractivity contribution in [3.05, 3.63) is 46.1 Å². The van der Waals surface area contributed by atoms with E-state index in [0.717, 1.165) is 22.2 Å². The smallest absolute Gasteiger partial charge is 0.259 e. The van der Waals surface area contributed by atoms with Gasteiger partial charge in [0.15, 0.2) is 11.9 Å². The number of nitrogens with zero attached hydrogens (tertiary/aromatic N) is 1. The van der Waals surface area contributed by atoms with E-state index < -0.39 is 6.10 Å². The summed E-state index contributed by atoms with van der Waals surface area (Å²) in [6.07, 6.45) is 0.139. The number of nitrogens with one attached hydrogen (secondary N) is 2. The van der Waals surface area contributed by atoms with Gasteiger partial charge in [0.1, 0.15) is 0 Å². The minimum absolute atomic E-state index is 0.256. The van der Waals surface area contributed by atoms with Crippen LogP contribution in [-0.2, 0) is 16.0 Å². The van der Waals surface area contributed by atoms with Crippen molar-refractivity contribution in [1.29, 1.82) is 0 Å². The number of hydrogen-bond acceptors (Lipinski definition) is 3. The van der Waals surface area contributed by atoms with Crippen molar-refractivity contribution in [3.63, 3.8) is 0 Å².